The molecule has 1 unspecified atom stereocenters. The minimum Gasteiger partial charge on any atom is -0.313 e. The predicted molar refractivity (Wildman–Crippen MR) is 82.6 cm³/mol. The molecule has 0 spiro atoms. The van der Waals surface area contributed by atoms with Crippen LogP contribution in [0.3, 0.4) is 0 Å². The van der Waals surface area contributed by atoms with Crippen LogP contribution in [0.15, 0.2) is 0 Å². The number of nitrogens with zero attached hydrogens (tertiary/aromatic N) is 2. The summed E-state index contributed by atoms with van der Waals surface area (Å²) in [5.41, 5.74) is 0. The second kappa shape index (κ2) is 7.61. The standard InChI is InChI=1S/C16H33N3/c1-14-6-8-15(9-7-14)17-10-12-18(2)13-16-5-4-11-19(16)3/h14-17H,4-13H2,1-3H3. The van der Waals surface area contributed by atoms with E-state index < -0.39 is 0 Å². The van der Waals surface area contributed by atoms with E-state index in [1.807, 2.05) is 0 Å². The van der Waals surface area contributed by atoms with Gasteiger partial charge in [-0.25, -0.2) is 0 Å². The van der Waals surface area contributed by atoms with Crippen molar-refractivity contribution in [2.45, 2.75) is 57.5 Å². The highest BCUT2D eigenvalue weighted by Gasteiger charge is 2.22. The van der Waals surface area contributed by atoms with E-state index in [4.69, 9.17) is 0 Å². The monoisotopic (exact) mass is 267 g/mol. The Kier molecular flexibility index (Phi) is 6.11. The molecule has 1 aliphatic heterocycles. The summed E-state index contributed by atoms with van der Waals surface area (Å²) in [5.74, 6) is 0.957. The molecule has 19 heavy (non-hydrogen) atoms. The van der Waals surface area contributed by atoms with Crippen LogP contribution in [0.2, 0.25) is 0 Å². The van der Waals surface area contributed by atoms with Gasteiger partial charge in [0.15, 0.2) is 0 Å². The number of hydrogen-bond donors (Lipinski definition) is 1. The van der Waals surface area contributed by atoms with Gasteiger partial charge in [-0.3, -0.25) is 0 Å². The first kappa shape index (κ1) is 15.3. The van der Waals surface area contributed by atoms with Gasteiger partial charge in [0.05, 0.1) is 0 Å². The molecule has 0 radical (unpaired) electrons. The van der Waals surface area contributed by atoms with Crippen LogP contribution in [0.5, 0.6) is 0 Å². The smallest absolute Gasteiger partial charge is 0.0220 e. The first-order valence-corrected chi connectivity index (χ1v) is 8.27. The number of rotatable bonds is 6. The molecule has 0 aromatic heterocycles. The lowest BCUT2D eigenvalue weighted by atomic mass is 9.87. The highest BCUT2D eigenvalue weighted by atomic mass is 15.2. The van der Waals surface area contributed by atoms with Gasteiger partial charge in [-0.05, 0) is 65.1 Å². The van der Waals surface area contributed by atoms with Gasteiger partial charge in [0.25, 0.3) is 0 Å². The molecule has 0 aromatic rings. The lowest BCUT2D eigenvalue weighted by Gasteiger charge is -2.29. The summed E-state index contributed by atoms with van der Waals surface area (Å²) in [4.78, 5) is 5.03. The SMILES string of the molecule is CC1CCC(NCCN(C)CC2CCCN2C)CC1. The number of likely N-dealkylation sites (tertiary alicyclic amines) is 1. The molecule has 1 heterocycles. The fourth-order valence-corrected chi connectivity index (χ4v) is 3.58. The molecule has 3 nitrogen and oxygen atoms in total. The van der Waals surface area contributed by atoms with Crippen molar-refractivity contribution in [3.8, 4) is 0 Å². The molecule has 1 aliphatic carbocycles. The molecule has 2 rings (SSSR count). The van der Waals surface area contributed by atoms with E-state index in [2.05, 4.69) is 36.1 Å². The summed E-state index contributed by atoms with van der Waals surface area (Å²) >= 11 is 0. The molecule has 0 bridgehead atoms. The average Bonchev–Trinajstić information content (AvgIpc) is 2.78. The molecule has 0 aromatic carbocycles. The van der Waals surface area contributed by atoms with Gasteiger partial charge < -0.3 is 15.1 Å². The van der Waals surface area contributed by atoms with E-state index in [9.17, 15) is 0 Å². The molecule has 112 valence electrons. The van der Waals surface area contributed by atoms with Crippen LogP contribution in [-0.2, 0) is 0 Å². The van der Waals surface area contributed by atoms with Crippen molar-refractivity contribution < 1.29 is 0 Å². The second-order valence-corrected chi connectivity index (χ2v) is 6.95. The van der Waals surface area contributed by atoms with Crippen molar-refractivity contribution in [3.05, 3.63) is 0 Å². The fourth-order valence-electron chi connectivity index (χ4n) is 3.58. The molecule has 1 N–H and O–H groups in total. The Hall–Kier alpha value is -0.120. The summed E-state index contributed by atoms with van der Waals surface area (Å²) in [6.07, 6.45) is 8.37. The maximum Gasteiger partial charge on any atom is 0.0220 e. The van der Waals surface area contributed by atoms with Gasteiger partial charge in [-0.15, -0.1) is 0 Å². The molecule has 2 aliphatic rings. The molecule has 3 heteroatoms. The minimum absolute atomic E-state index is 0.791. The van der Waals surface area contributed by atoms with E-state index in [0.717, 1.165) is 24.5 Å². The molecule has 1 atom stereocenters. The Morgan fingerprint density at radius 3 is 2.53 bits per heavy atom. The van der Waals surface area contributed by atoms with Crippen molar-refractivity contribution in [2.75, 3.05) is 40.3 Å². The van der Waals surface area contributed by atoms with Crippen molar-refractivity contribution in [2.24, 2.45) is 5.92 Å². The molecular formula is C16H33N3. The van der Waals surface area contributed by atoms with Crippen LogP contribution in [-0.4, -0.2) is 62.2 Å². The Morgan fingerprint density at radius 2 is 1.89 bits per heavy atom. The molecule has 1 saturated carbocycles. The van der Waals surface area contributed by atoms with Crippen molar-refractivity contribution in [1.29, 1.82) is 0 Å². The van der Waals surface area contributed by atoms with E-state index in [1.54, 1.807) is 0 Å². The lowest BCUT2D eigenvalue weighted by molar-refractivity contribution is 0.215. The summed E-state index contributed by atoms with van der Waals surface area (Å²) in [7, 11) is 4.55. The van der Waals surface area contributed by atoms with E-state index >= 15 is 0 Å². The normalized spacial score (nSPS) is 33.2. The van der Waals surface area contributed by atoms with Gasteiger partial charge in [-0.1, -0.05) is 6.92 Å². The molecular weight excluding hydrogens is 234 g/mol. The highest BCUT2D eigenvalue weighted by molar-refractivity contribution is 4.79. The van der Waals surface area contributed by atoms with E-state index in [-0.39, 0.29) is 0 Å². The van der Waals surface area contributed by atoms with E-state index in [0.29, 0.717) is 0 Å². The van der Waals surface area contributed by atoms with Gasteiger partial charge >= 0.3 is 0 Å². The first-order valence-electron chi connectivity index (χ1n) is 8.27. The predicted octanol–water partition coefficient (Wildman–Crippen LogP) is 2.18. The lowest BCUT2D eigenvalue weighted by Crippen LogP contribution is -2.41. The van der Waals surface area contributed by atoms with Crippen LogP contribution in [0, 0.1) is 5.92 Å². The topological polar surface area (TPSA) is 18.5 Å². The van der Waals surface area contributed by atoms with Gasteiger partial charge in [-0.2, -0.15) is 0 Å². The largest absolute Gasteiger partial charge is 0.313 e. The third-order valence-electron chi connectivity index (χ3n) is 5.14. The molecule has 2 fully saturated rings. The maximum atomic E-state index is 3.75. The van der Waals surface area contributed by atoms with Crippen molar-refractivity contribution in [1.82, 2.24) is 15.1 Å². The Labute approximate surface area is 119 Å². The fraction of sp³-hybridized carbons (Fsp3) is 1.00. The third kappa shape index (κ3) is 5.05. The van der Waals surface area contributed by atoms with E-state index in [1.165, 1.54) is 58.2 Å². The summed E-state index contributed by atoms with van der Waals surface area (Å²) < 4.78 is 0. The van der Waals surface area contributed by atoms with Crippen molar-refractivity contribution in [3.63, 3.8) is 0 Å². The zero-order valence-corrected chi connectivity index (χ0v) is 13.2. The maximum absolute atomic E-state index is 3.75. The van der Waals surface area contributed by atoms with Crippen LogP contribution in [0.4, 0.5) is 0 Å². The minimum atomic E-state index is 0.791. The Bertz CT molecular complexity index is 248. The average molecular weight is 267 g/mol. The van der Waals surface area contributed by atoms with Crippen LogP contribution < -0.4 is 5.32 Å². The molecule has 0 amide bonds. The first-order chi connectivity index (χ1) is 9.15. The third-order valence-corrected chi connectivity index (χ3v) is 5.14. The summed E-state index contributed by atoms with van der Waals surface area (Å²) in [5, 5.41) is 3.75. The Balaban J connectivity index is 1.55. The molecule has 1 saturated heterocycles. The second-order valence-electron chi connectivity index (χ2n) is 6.95. The zero-order chi connectivity index (χ0) is 13.7. The van der Waals surface area contributed by atoms with Crippen LogP contribution in [0.25, 0.3) is 0 Å². The number of nitrogens with one attached hydrogen (secondary N) is 1. The highest BCUT2D eigenvalue weighted by Crippen LogP contribution is 2.23. The summed E-state index contributed by atoms with van der Waals surface area (Å²) in [6.45, 7) is 7.27. The zero-order valence-electron chi connectivity index (χ0n) is 13.2. The van der Waals surface area contributed by atoms with Gasteiger partial charge in [0.1, 0.15) is 0 Å². The van der Waals surface area contributed by atoms with Crippen molar-refractivity contribution >= 4 is 0 Å². The number of likely N-dealkylation sites (N-methyl/N-ethyl adjacent to an activating group) is 2. The van der Waals surface area contributed by atoms with Gasteiger partial charge in [0, 0.05) is 31.7 Å². The van der Waals surface area contributed by atoms with Gasteiger partial charge in [0.2, 0.25) is 0 Å². The van der Waals surface area contributed by atoms with Crippen LogP contribution >= 0.6 is 0 Å². The van der Waals surface area contributed by atoms with Crippen LogP contribution in [0.1, 0.15) is 45.4 Å². The summed E-state index contributed by atoms with van der Waals surface area (Å²) in [6, 6.07) is 1.58. The Morgan fingerprint density at radius 1 is 1.16 bits per heavy atom. The quantitative estimate of drug-likeness (QED) is 0.796. The number of hydrogen-bond acceptors (Lipinski definition) is 3.